The predicted octanol–water partition coefficient (Wildman–Crippen LogP) is 1.77. The quantitative estimate of drug-likeness (QED) is 0.695. The van der Waals surface area contributed by atoms with Gasteiger partial charge in [-0.25, -0.2) is 4.79 Å². The molecule has 0 aromatic rings. The summed E-state index contributed by atoms with van der Waals surface area (Å²) in [6, 6.07) is 0. The first kappa shape index (κ1) is 11.0. The summed E-state index contributed by atoms with van der Waals surface area (Å²) in [5.41, 5.74) is 1.16. The van der Waals surface area contributed by atoms with E-state index in [-0.39, 0.29) is 6.09 Å². The predicted molar refractivity (Wildman–Crippen MR) is 52.9 cm³/mol. The summed E-state index contributed by atoms with van der Waals surface area (Å²) in [6.07, 6.45) is 3.53. The highest BCUT2D eigenvalue weighted by Crippen LogP contribution is 2.15. The molecule has 0 bridgehead atoms. The lowest BCUT2D eigenvalue weighted by molar-refractivity contribution is 0.133. The number of methoxy groups -OCH3 is 1. The van der Waals surface area contributed by atoms with Gasteiger partial charge in [0.15, 0.2) is 0 Å². The lowest BCUT2D eigenvalue weighted by Crippen LogP contribution is -2.30. The average molecular weight is 199 g/mol. The van der Waals surface area contributed by atoms with Crippen LogP contribution in [0.5, 0.6) is 0 Å². The van der Waals surface area contributed by atoms with Crippen LogP contribution in [0.2, 0.25) is 0 Å². The van der Waals surface area contributed by atoms with Crippen molar-refractivity contribution in [3.8, 4) is 0 Å². The Morgan fingerprint density at radius 2 is 2.43 bits per heavy atom. The minimum Gasteiger partial charge on any atom is -0.452 e. The molecule has 1 aliphatic rings. The van der Waals surface area contributed by atoms with Crippen LogP contribution in [0.4, 0.5) is 4.79 Å². The molecule has 0 aromatic heterocycles. The number of ether oxygens (including phenoxy) is 2. The first-order chi connectivity index (χ1) is 6.77. The largest absolute Gasteiger partial charge is 0.452 e. The fraction of sp³-hybridized carbons (Fsp3) is 0.700. The van der Waals surface area contributed by atoms with E-state index in [0.717, 1.165) is 25.0 Å². The Hall–Kier alpha value is -1.03. The van der Waals surface area contributed by atoms with Gasteiger partial charge in [-0.05, 0) is 25.3 Å². The zero-order chi connectivity index (χ0) is 10.4. The molecule has 1 rings (SSSR count). The van der Waals surface area contributed by atoms with E-state index >= 15 is 0 Å². The second-order valence-electron chi connectivity index (χ2n) is 3.19. The Bertz CT molecular complexity index is 225. The summed E-state index contributed by atoms with van der Waals surface area (Å²) in [5.74, 6) is 0. The molecule has 0 unspecified atom stereocenters. The van der Waals surface area contributed by atoms with E-state index in [0.29, 0.717) is 13.2 Å². The first-order valence-corrected chi connectivity index (χ1v) is 4.89. The van der Waals surface area contributed by atoms with Crippen molar-refractivity contribution < 1.29 is 14.3 Å². The normalized spacial score (nSPS) is 16.4. The highest BCUT2D eigenvalue weighted by atomic mass is 16.5. The molecule has 0 aromatic carbocycles. The van der Waals surface area contributed by atoms with Crippen LogP contribution in [0.1, 0.15) is 19.8 Å². The highest BCUT2D eigenvalue weighted by molar-refractivity contribution is 5.69. The number of nitrogens with zero attached hydrogens (tertiary/aromatic N) is 1. The Labute approximate surface area is 84.5 Å². The lowest BCUT2D eigenvalue weighted by atomic mass is 10.1. The Morgan fingerprint density at radius 1 is 1.64 bits per heavy atom. The number of rotatable bonds is 3. The number of hydrogen-bond donors (Lipinski definition) is 0. The van der Waals surface area contributed by atoms with Crippen molar-refractivity contribution in [1.82, 2.24) is 4.90 Å². The van der Waals surface area contributed by atoms with Gasteiger partial charge in [0.05, 0.1) is 13.7 Å². The molecule has 4 nitrogen and oxygen atoms in total. The Balaban J connectivity index is 2.50. The molecule has 0 spiro atoms. The monoisotopic (exact) mass is 199 g/mol. The van der Waals surface area contributed by atoms with Crippen LogP contribution in [0, 0.1) is 0 Å². The average Bonchev–Trinajstić information content (AvgIpc) is 2.25. The molecule has 0 atom stereocenters. The van der Waals surface area contributed by atoms with Crippen molar-refractivity contribution in [3.63, 3.8) is 0 Å². The van der Waals surface area contributed by atoms with Gasteiger partial charge in [-0.1, -0.05) is 0 Å². The zero-order valence-corrected chi connectivity index (χ0v) is 8.78. The van der Waals surface area contributed by atoms with Crippen LogP contribution in [0.3, 0.4) is 0 Å². The topological polar surface area (TPSA) is 38.8 Å². The van der Waals surface area contributed by atoms with Crippen molar-refractivity contribution in [3.05, 3.63) is 11.8 Å². The molecular formula is C10H17NO3. The third kappa shape index (κ3) is 3.03. The van der Waals surface area contributed by atoms with E-state index in [4.69, 9.17) is 4.74 Å². The Kier molecular flexibility index (Phi) is 4.46. The second kappa shape index (κ2) is 5.65. The molecule has 0 saturated carbocycles. The van der Waals surface area contributed by atoms with Crippen molar-refractivity contribution in [1.29, 1.82) is 0 Å². The van der Waals surface area contributed by atoms with Crippen molar-refractivity contribution in [2.75, 3.05) is 26.9 Å². The van der Waals surface area contributed by atoms with Gasteiger partial charge in [0.25, 0.3) is 0 Å². The van der Waals surface area contributed by atoms with E-state index in [1.165, 1.54) is 7.11 Å². The standard InChI is InChI=1S/C10H17NO3/c1-3-14-8-9-5-4-6-11(7-9)10(12)13-2/h7H,3-6,8H2,1-2H3. The number of amides is 1. The molecule has 1 amide bonds. The first-order valence-electron chi connectivity index (χ1n) is 4.89. The van der Waals surface area contributed by atoms with Gasteiger partial charge in [0.2, 0.25) is 0 Å². The molecule has 14 heavy (non-hydrogen) atoms. The van der Waals surface area contributed by atoms with Crippen LogP contribution in [-0.4, -0.2) is 37.9 Å². The number of carbonyl (C=O) groups is 1. The second-order valence-corrected chi connectivity index (χ2v) is 3.19. The molecule has 0 N–H and O–H groups in total. The van der Waals surface area contributed by atoms with Gasteiger partial charge in [-0.3, -0.25) is 4.90 Å². The molecule has 1 aliphatic heterocycles. The summed E-state index contributed by atoms with van der Waals surface area (Å²) in [5, 5.41) is 0. The molecular weight excluding hydrogens is 182 g/mol. The molecule has 0 radical (unpaired) electrons. The summed E-state index contributed by atoms with van der Waals surface area (Å²) >= 11 is 0. The smallest absolute Gasteiger partial charge is 0.413 e. The van der Waals surface area contributed by atoms with Crippen LogP contribution in [0.25, 0.3) is 0 Å². The van der Waals surface area contributed by atoms with Crippen molar-refractivity contribution in [2.45, 2.75) is 19.8 Å². The molecule has 80 valence electrons. The van der Waals surface area contributed by atoms with Crippen LogP contribution >= 0.6 is 0 Å². The SMILES string of the molecule is CCOCC1=CN(C(=O)OC)CCC1. The number of carbonyl (C=O) groups excluding carboxylic acids is 1. The minimum absolute atomic E-state index is 0.293. The van der Waals surface area contributed by atoms with Gasteiger partial charge < -0.3 is 9.47 Å². The summed E-state index contributed by atoms with van der Waals surface area (Å²) in [7, 11) is 1.40. The Morgan fingerprint density at radius 3 is 3.07 bits per heavy atom. The maximum absolute atomic E-state index is 11.2. The molecule has 1 heterocycles. The molecule has 0 aliphatic carbocycles. The molecule has 4 heteroatoms. The molecule has 0 fully saturated rings. The summed E-state index contributed by atoms with van der Waals surface area (Å²) in [4.78, 5) is 12.8. The van der Waals surface area contributed by atoms with Gasteiger partial charge in [-0.15, -0.1) is 0 Å². The molecule has 0 saturated heterocycles. The van der Waals surface area contributed by atoms with E-state index in [1.807, 2.05) is 13.1 Å². The van der Waals surface area contributed by atoms with Crippen LogP contribution < -0.4 is 0 Å². The van der Waals surface area contributed by atoms with Crippen molar-refractivity contribution in [2.24, 2.45) is 0 Å². The fourth-order valence-corrected chi connectivity index (χ4v) is 1.43. The van der Waals surface area contributed by atoms with Gasteiger partial charge in [-0.2, -0.15) is 0 Å². The van der Waals surface area contributed by atoms with E-state index in [1.54, 1.807) is 4.90 Å². The third-order valence-corrected chi connectivity index (χ3v) is 2.14. The van der Waals surface area contributed by atoms with Gasteiger partial charge in [0.1, 0.15) is 0 Å². The maximum Gasteiger partial charge on any atom is 0.413 e. The van der Waals surface area contributed by atoms with E-state index in [9.17, 15) is 4.79 Å². The zero-order valence-electron chi connectivity index (χ0n) is 8.78. The minimum atomic E-state index is -0.293. The lowest BCUT2D eigenvalue weighted by Gasteiger charge is -2.23. The highest BCUT2D eigenvalue weighted by Gasteiger charge is 2.16. The maximum atomic E-state index is 11.2. The van der Waals surface area contributed by atoms with E-state index in [2.05, 4.69) is 4.74 Å². The fourth-order valence-electron chi connectivity index (χ4n) is 1.43. The van der Waals surface area contributed by atoms with Gasteiger partial charge in [0, 0.05) is 19.4 Å². The van der Waals surface area contributed by atoms with Crippen molar-refractivity contribution >= 4 is 6.09 Å². The number of hydrogen-bond acceptors (Lipinski definition) is 3. The van der Waals surface area contributed by atoms with Crippen LogP contribution in [0.15, 0.2) is 11.8 Å². The summed E-state index contributed by atoms with van der Waals surface area (Å²) < 4.78 is 9.93. The summed E-state index contributed by atoms with van der Waals surface area (Å²) in [6.45, 7) is 4.02. The van der Waals surface area contributed by atoms with Crippen LogP contribution in [-0.2, 0) is 9.47 Å². The third-order valence-electron chi connectivity index (χ3n) is 2.14. The van der Waals surface area contributed by atoms with Gasteiger partial charge >= 0.3 is 6.09 Å². The van der Waals surface area contributed by atoms with E-state index < -0.39 is 0 Å².